The first-order valence-corrected chi connectivity index (χ1v) is 10.8. The normalized spacial score (nSPS) is 11.4. The lowest BCUT2D eigenvalue weighted by Gasteiger charge is -2.25. The summed E-state index contributed by atoms with van der Waals surface area (Å²) in [7, 11) is 1.53. The molecule has 2 aromatic rings. The molecule has 0 spiro atoms. The summed E-state index contributed by atoms with van der Waals surface area (Å²) >= 11 is 0. The summed E-state index contributed by atoms with van der Waals surface area (Å²) in [6.45, 7) is 9.16. The van der Waals surface area contributed by atoms with Crippen LogP contribution < -0.4 is 27.2 Å². The van der Waals surface area contributed by atoms with E-state index in [1.165, 1.54) is 11.7 Å². The third-order valence-corrected chi connectivity index (χ3v) is 5.20. The average Bonchev–Trinajstić information content (AvgIpc) is 2.71. The Labute approximate surface area is 188 Å². The Morgan fingerprint density at radius 1 is 1.22 bits per heavy atom. The molecule has 0 aliphatic heterocycles. The number of unbranched alkanes of at least 4 members (excludes halogenated alkanes) is 1. The molecule has 32 heavy (non-hydrogen) atoms. The zero-order valence-electron chi connectivity index (χ0n) is 19.7. The highest BCUT2D eigenvalue weighted by Crippen LogP contribution is 2.23. The van der Waals surface area contributed by atoms with Gasteiger partial charge in [0.05, 0.1) is 13.2 Å². The number of amides is 1. The molecule has 1 aromatic heterocycles. The van der Waals surface area contributed by atoms with Crippen molar-refractivity contribution in [1.82, 2.24) is 9.55 Å². The van der Waals surface area contributed by atoms with E-state index in [9.17, 15) is 14.4 Å². The van der Waals surface area contributed by atoms with Crippen LogP contribution in [0.3, 0.4) is 0 Å². The molecule has 1 heterocycles. The number of H-pyrrole nitrogens is 1. The summed E-state index contributed by atoms with van der Waals surface area (Å²) in [5.41, 5.74) is 6.95. The number of carbonyl (C=O) groups is 1. The predicted molar refractivity (Wildman–Crippen MR) is 129 cm³/mol. The number of benzene rings is 1. The maximum absolute atomic E-state index is 12.8. The fraction of sp³-hybridized carbons (Fsp3) is 0.522. The summed E-state index contributed by atoms with van der Waals surface area (Å²) < 4.78 is 6.48. The standard InChI is InChI=1S/C23H35N5O4/c1-6-7-12-28-20(24)19(21(30)26-22(28)31)27(13-14-32-5)15-18(29)25-17-10-8-16(9-11-17)23(2,3)4/h8-11H,6-7,12-15,24H2,1-5H3,(H,25,29)(H,26,30,31). The smallest absolute Gasteiger partial charge is 0.330 e. The number of ether oxygens (including phenoxy) is 1. The lowest BCUT2D eigenvalue weighted by atomic mass is 9.87. The molecule has 0 saturated carbocycles. The Morgan fingerprint density at radius 3 is 2.44 bits per heavy atom. The number of nitrogens with two attached hydrogens (primary N) is 1. The summed E-state index contributed by atoms with van der Waals surface area (Å²) in [5.74, 6) is -0.264. The van der Waals surface area contributed by atoms with Crippen LogP contribution in [0.25, 0.3) is 0 Å². The third-order valence-electron chi connectivity index (χ3n) is 5.20. The van der Waals surface area contributed by atoms with Gasteiger partial charge in [-0.25, -0.2) is 4.79 Å². The first-order valence-electron chi connectivity index (χ1n) is 10.8. The van der Waals surface area contributed by atoms with E-state index in [4.69, 9.17) is 10.5 Å². The quantitative estimate of drug-likeness (QED) is 0.516. The molecule has 176 valence electrons. The van der Waals surface area contributed by atoms with Gasteiger partial charge in [0, 0.05) is 25.9 Å². The monoisotopic (exact) mass is 445 g/mol. The summed E-state index contributed by atoms with van der Waals surface area (Å²) in [6.07, 6.45) is 1.60. The number of methoxy groups -OCH3 is 1. The number of nitrogens with one attached hydrogen (secondary N) is 2. The van der Waals surface area contributed by atoms with Gasteiger partial charge in [-0.3, -0.25) is 19.1 Å². The number of carbonyl (C=O) groups excluding carboxylic acids is 1. The van der Waals surface area contributed by atoms with Crippen LogP contribution in [-0.4, -0.2) is 42.3 Å². The second-order valence-corrected chi connectivity index (χ2v) is 8.79. The van der Waals surface area contributed by atoms with Gasteiger partial charge in [0.2, 0.25) is 5.91 Å². The lowest BCUT2D eigenvalue weighted by molar-refractivity contribution is -0.115. The van der Waals surface area contributed by atoms with E-state index >= 15 is 0 Å². The molecular weight excluding hydrogens is 410 g/mol. The van der Waals surface area contributed by atoms with E-state index in [-0.39, 0.29) is 42.5 Å². The molecule has 0 fully saturated rings. The number of nitrogens with zero attached hydrogens (tertiary/aromatic N) is 2. The van der Waals surface area contributed by atoms with Crippen LogP contribution in [0.2, 0.25) is 0 Å². The largest absolute Gasteiger partial charge is 0.383 e. The minimum Gasteiger partial charge on any atom is -0.383 e. The number of aromatic nitrogens is 2. The zero-order valence-corrected chi connectivity index (χ0v) is 19.7. The van der Waals surface area contributed by atoms with Crippen LogP contribution in [0, 0.1) is 0 Å². The molecule has 0 atom stereocenters. The molecule has 0 aliphatic rings. The van der Waals surface area contributed by atoms with Gasteiger partial charge in [-0.05, 0) is 29.5 Å². The number of anilines is 3. The van der Waals surface area contributed by atoms with Gasteiger partial charge in [0.15, 0.2) is 0 Å². The Morgan fingerprint density at radius 2 is 1.88 bits per heavy atom. The highest BCUT2D eigenvalue weighted by Gasteiger charge is 2.21. The maximum Gasteiger partial charge on any atom is 0.330 e. The third kappa shape index (κ3) is 6.46. The first kappa shape index (κ1) is 25.2. The van der Waals surface area contributed by atoms with Crippen LogP contribution in [0.5, 0.6) is 0 Å². The molecule has 2 rings (SSSR count). The zero-order chi connectivity index (χ0) is 23.9. The molecule has 1 aromatic carbocycles. The molecule has 4 N–H and O–H groups in total. The Kier molecular flexibility index (Phi) is 8.65. The number of hydrogen-bond acceptors (Lipinski definition) is 6. The van der Waals surface area contributed by atoms with E-state index in [1.807, 2.05) is 31.2 Å². The van der Waals surface area contributed by atoms with Gasteiger partial charge in [-0.15, -0.1) is 0 Å². The predicted octanol–water partition coefficient (Wildman–Crippen LogP) is 2.31. The molecule has 9 heteroatoms. The van der Waals surface area contributed by atoms with Gasteiger partial charge in [-0.2, -0.15) is 0 Å². The summed E-state index contributed by atoms with van der Waals surface area (Å²) in [4.78, 5) is 41.4. The second kappa shape index (κ2) is 11.0. The molecule has 0 saturated heterocycles. The fourth-order valence-corrected chi connectivity index (χ4v) is 3.32. The van der Waals surface area contributed by atoms with Gasteiger partial charge >= 0.3 is 5.69 Å². The van der Waals surface area contributed by atoms with Crippen molar-refractivity contribution in [2.75, 3.05) is 42.8 Å². The van der Waals surface area contributed by atoms with Gasteiger partial charge in [0.1, 0.15) is 11.5 Å². The average molecular weight is 446 g/mol. The Hall–Kier alpha value is -3.07. The van der Waals surface area contributed by atoms with Crippen molar-refractivity contribution >= 4 is 23.1 Å². The minimum absolute atomic E-state index is 0.0128. The van der Waals surface area contributed by atoms with Crippen LogP contribution in [0.4, 0.5) is 17.2 Å². The van der Waals surface area contributed by atoms with Crippen LogP contribution in [0.15, 0.2) is 33.9 Å². The van der Waals surface area contributed by atoms with E-state index in [0.717, 1.165) is 18.4 Å². The van der Waals surface area contributed by atoms with Crippen LogP contribution in [-0.2, 0) is 21.5 Å². The molecule has 9 nitrogen and oxygen atoms in total. The highest BCUT2D eigenvalue weighted by atomic mass is 16.5. The number of hydrogen-bond donors (Lipinski definition) is 3. The van der Waals surface area contributed by atoms with Crippen molar-refractivity contribution in [3.8, 4) is 0 Å². The van der Waals surface area contributed by atoms with Crippen molar-refractivity contribution in [1.29, 1.82) is 0 Å². The SMILES string of the molecule is CCCCn1c(N)c(N(CCOC)CC(=O)Nc2ccc(C(C)(C)C)cc2)c(=O)[nH]c1=O. The number of rotatable bonds is 10. The molecular formula is C23H35N5O4. The van der Waals surface area contributed by atoms with Crippen molar-refractivity contribution in [3.63, 3.8) is 0 Å². The minimum atomic E-state index is -0.626. The molecule has 1 amide bonds. The van der Waals surface area contributed by atoms with Crippen molar-refractivity contribution in [3.05, 3.63) is 50.7 Å². The van der Waals surface area contributed by atoms with Crippen LogP contribution in [0.1, 0.15) is 46.1 Å². The Balaban J connectivity index is 2.28. The second-order valence-electron chi connectivity index (χ2n) is 8.79. The summed E-state index contributed by atoms with van der Waals surface area (Å²) in [6, 6.07) is 7.66. The van der Waals surface area contributed by atoms with E-state index in [0.29, 0.717) is 12.2 Å². The maximum atomic E-state index is 12.8. The van der Waals surface area contributed by atoms with E-state index in [1.54, 1.807) is 4.90 Å². The van der Waals surface area contributed by atoms with Crippen molar-refractivity contribution < 1.29 is 9.53 Å². The van der Waals surface area contributed by atoms with Crippen molar-refractivity contribution in [2.24, 2.45) is 0 Å². The van der Waals surface area contributed by atoms with Gasteiger partial charge in [-0.1, -0.05) is 46.2 Å². The van der Waals surface area contributed by atoms with Gasteiger partial charge in [0.25, 0.3) is 5.56 Å². The topological polar surface area (TPSA) is 122 Å². The Bertz CT molecular complexity index is 1020. The van der Waals surface area contributed by atoms with E-state index < -0.39 is 11.2 Å². The fourth-order valence-electron chi connectivity index (χ4n) is 3.32. The molecule has 0 bridgehead atoms. The molecule has 0 radical (unpaired) electrons. The highest BCUT2D eigenvalue weighted by molar-refractivity contribution is 5.94. The molecule has 0 aliphatic carbocycles. The van der Waals surface area contributed by atoms with Crippen LogP contribution >= 0.6 is 0 Å². The number of aromatic amines is 1. The molecule has 0 unspecified atom stereocenters. The van der Waals surface area contributed by atoms with Crippen molar-refractivity contribution in [2.45, 2.75) is 52.5 Å². The first-order chi connectivity index (χ1) is 15.1. The summed E-state index contributed by atoms with van der Waals surface area (Å²) in [5, 5.41) is 2.85. The van der Waals surface area contributed by atoms with Gasteiger partial charge < -0.3 is 20.7 Å². The number of nitrogen functional groups attached to an aromatic ring is 1. The lowest BCUT2D eigenvalue weighted by Crippen LogP contribution is -2.42. The van der Waals surface area contributed by atoms with E-state index in [2.05, 4.69) is 31.1 Å².